The smallest absolute Gasteiger partial charge is 0.264 e. The summed E-state index contributed by atoms with van der Waals surface area (Å²) in [4.78, 5) is 15.4. The number of carbonyl (C=O) groups is 1. The van der Waals surface area contributed by atoms with Crippen LogP contribution in [0.2, 0.25) is 0 Å². The Bertz CT molecular complexity index is 396. The van der Waals surface area contributed by atoms with Crippen molar-refractivity contribution in [2.45, 2.75) is 39.2 Å². The minimum absolute atomic E-state index is 0.207. The van der Waals surface area contributed by atoms with Crippen LogP contribution in [-0.2, 0) is 0 Å². The van der Waals surface area contributed by atoms with Crippen molar-refractivity contribution >= 4 is 17.2 Å². The van der Waals surface area contributed by atoms with Gasteiger partial charge in [0.05, 0.1) is 4.88 Å². The molecule has 1 aliphatic heterocycles. The van der Waals surface area contributed by atoms with Gasteiger partial charge < -0.3 is 10.2 Å². The van der Waals surface area contributed by atoms with Gasteiger partial charge in [-0.1, -0.05) is 6.92 Å². The summed E-state index contributed by atoms with van der Waals surface area (Å²) in [6, 6.07) is 2.51. The first-order valence-electron chi connectivity index (χ1n) is 6.79. The zero-order valence-corrected chi connectivity index (χ0v) is 12.1. The van der Waals surface area contributed by atoms with Gasteiger partial charge in [-0.15, -0.1) is 11.3 Å². The summed E-state index contributed by atoms with van der Waals surface area (Å²) >= 11 is 1.56. The second-order valence-corrected chi connectivity index (χ2v) is 5.89. The van der Waals surface area contributed by atoms with Crippen molar-refractivity contribution in [1.29, 1.82) is 0 Å². The molecule has 0 bridgehead atoms. The van der Waals surface area contributed by atoms with E-state index in [9.17, 15) is 4.79 Å². The molecule has 1 aromatic rings. The highest BCUT2D eigenvalue weighted by atomic mass is 32.1. The topological polar surface area (TPSA) is 32.3 Å². The van der Waals surface area contributed by atoms with Crippen LogP contribution in [0.5, 0.6) is 0 Å². The summed E-state index contributed by atoms with van der Waals surface area (Å²) in [7, 11) is 0. The lowest BCUT2D eigenvalue weighted by Gasteiger charge is -2.25. The molecule has 100 valence electrons. The first-order chi connectivity index (χ1) is 8.72. The molecule has 0 radical (unpaired) electrons. The van der Waals surface area contributed by atoms with Crippen LogP contribution in [0.1, 0.15) is 41.4 Å². The highest BCUT2D eigenvalue weighted by molar-refractivity contribution is 7.12. The van der Waals surface area contributed by atoms with Crippen LogP contribution >= 0.6 is 11.3 Å². The van der Waals surface area contributed by atoms with E-state index >= 15 is 0 Å². The second-order valence-electron chi connectivity index (χ2n) is 4.98. The molecule has 0 spiro atoms. The molecule has 1 amide bonds. The highest BCUT2D eigenvalue weighted by Gasteiger charge is 2.23. The monoisotopic (exact) mass is 266 g/mol. The van der Waals surface area contributed by atoms with Crippen molar-refractivity contribution in [1.82, 2.24) is 10.2 Å². The first-order valence-corrected chi connectivity index (χ1v) is 7.67. The summed E-state index contributed by atoms with van der Waals surface area (Å²) < 4.78 is 0. The third-order valence-electron chi connectivity index (χ3n) is 3.44. The van der Waals surface area contributed by atoms with Gasteiger partial charge in [-0.3, -0.25) is 4.79 Å². The molecule has 2 rings (SSSR count). The Hall–Kier alpha value is -0.870. The van der Waals surface area contributed by atoms with Gasteiger partial charge in [0.1, 0.15) is 0 Å². The second kappa shape index (κ2) is 6.34. The van der Waals surface area contributed by atoms with E-state index in [4.69, 9.17) is 0 Å². The lowest BCUT2D eigenvalue weighted by molar-refractivity contribution is 0.0746. The molecule has 18 heavy (non-hydrogen) atoms. The van der Waals surface area contributed by atoms with Gasteiger partial charge in [0, 0.05) is 19.1 Å². The molecule has 1 N–H and O–H groups in total. The summed E-state index contributed by atoms with van der Waals surface area (Å²) in [5.41, 5.74) is 1.10. The van der Waals surface area contributed by atoms with Gasteiger partial charge in [0.2, 0.25) is 0 Å². The normalized spacial score (nSPS) is 19.1. The van der Waals surface area contributed by atoms with Crippen LogP contribution in [0.15, 0.2) is 11.4 Å². The number of aryl methyl sites for hydroxylation is 1. The predicted molar refractivity (Wildman–Crippen MR) is 76.3 cm³/mol. The van der Waals surface area contributed by atoms with Gasteiger partial charge in [-0.25, -0.2) is 0 Å². The lowest BCUT2D eigenvalue weighted by Crippen LogP contribution is -2.41. The van der Waals surface area contributed by atoms with E-state index in [-0.39, 0.29) is 5.91 Å². The number of nitrogens with zero attached hydrogens (tertiary/aromatic N) is 1. The van der Waals surface area contributed by atoms with E-state index in [1.807, 2.05) is 23.3 Å². The molecule has 0 saturated carbocycles. The standard InChI is InChI=1S/C14H22N2OS/c1-3-8-16(10-12-5-4-7-15-12)14(17)13-11(2)6-9-18-13/h6,9,12,15H,3-5,7-8,10H2,1-2H3. The van der Waals surface area contributed by atoms with Crippen LogP contribution in [0, 0.1) is 6.92 Å². The Morgan fingerprint density at radius 2 is 2.44 bits per heavy atom. The summed E-state index contributed by atoms with van der Waals surface area (Å²) in [6.45, 7) is 6.94. The minimum Gasteiger partial charge on any atom is -0.336 e. The number of amides is 1. The lowest BCUT2D eigenvalue weighted by atomic mass is 10.2. The van der Waals surface area contributed by atoms with Crippen LogP contribution in [0.25, 0.3) is 0 Å². The van der Waals surface area contributed by atoms with Crippen molar-refractivity contribution in [3.05, 3.63) is 21.9 Å². The number of hydrogen-bond donors (Lipinski definition) is 1. The Balaban J connectivity index is 2.04. The SMILES string of the molecule is CCCN(CC1CCCN1)C(=O)c1sccc1C. The molecular weight excluding hydrogens is 244 g/mol. The third-order valence-corrected chi connectivity index (χ3v) is 4.44. The van der Waals surface area contributed by atoms with E-state index in [0.29, 0.717) is 6.04 Å². The number of hydrogen-bond acceptors (Lipinski definition) is 3. The fourth-order valence-corrected chi connectivity index (χ4v) is 3.35. The summed E-state index contributed by atoms with van der Waals surface area (Å²) in [6.07, 6.45) is 3.44. The van der Waals surface area contributed by atoms with Crippen LogP contribution < -0.4 is 5.32 Å². The van der Waals surface area contributed by atoms with Gasteiger partial charge in [0.15, 0.2) is 0 Å². The highest BCUT2D eigenvalue weighted by Crippen LogP contribution is 2.19. The zero-order chi connectivity index (χ0) is 13.0. The van der Waals surface area contributed by atoms with Crippen LogP contribution in [0.3, 0.4) is 0 Å². The molecule has 0 aromatic carbocycles. The van der Waals surface area contributed by atoms with Crippen LogP contribution in [-0.4, -0.2) is 36.5 Å². The zero-order valence-electron chi connectivity index (χ0n) is 11.2. The van der Waals surface area contributed by atoms with Gasteiger partial charge >= 0.3 is 0 Å². The van der Waals surface area contributed by atoms with E-state index in [0.717, 1.165) is 36.5 Å². The summed E-state index contributed by atoms with van der Waals surface area (Å²) in [5, 5.41) is 5.47. The van der Waals surface area contributed by atoms with Crippen molar-refractivity contribution in [3.63, 3.8) is 0 Å². The van der Waals surface area contributed by atoms with Crippen molar-refractivity contribution in [3.8, 4) is 0 Å². The number of nitrogens with one attached hydrogen (secondary N) is 1. The molecule has 4 heteroatoms. The predicted octanol–water partition coefficient (Wildman–Crippen LogP) is 2.66. The molecule has 2 heterocycles. The molecule has 1 fully saturated rings. The summed E-state index contributed by atoms with van der Waals surface area (Å²) in [5.74, 6) is 0.207. The van der Waals surface area contributed by atoms with Crippen molar-refractivity contribution in [2.75, 3.05) is 19.6 Å². The maximum atomic E-state index is 12.5. The fourth-order valence-electron chi connectivity index (χ4n) is 2.46. The average molecular weight is 266 g/mol. The quantitative estimate of drug-likeness (QED) is 0.888. The fraction of sp³-hybridized carbons (Fsp3) is 0.643. The molecule has 3 nitrogen and oxygen atoms in total. The molecule has 1 unspecified atom stereocenters. The van der Waals surface area contributed by atoms with Crippen molar-refractivity contribution < 1.29 is 4.79 Å². The molecule has 1 aliphatic rings. The van der Waals surface area contributed by atoms with Crippen molar-refractivity contribution in [2.24, 2.45) is 0 Å². The molecule has 1 aromatic heterocycles. The third kappa shape index (κ3) is 3.12. The largest absolute Gasteiger partial charge is 0.336 e. The van der Waals surface area contributed by atoms with E-state index in [1.165, 1.54) is 12.8 Å². The molecule has 0 aliphatic carbocycles. The maximum absolute atomic E-state index is 12.5. The Morgan fingerprint density at radius 1 is 1.61 bits per heavy atom. The number of rotatable bonds is 5. The average Bonchev–Trinajstić information content (AvgIpc) is 2.99. The molecule has 1 saturated heterocycles. The number of carbonyl (C=O) groups excluding carboxylic acids is 1. The van der Waals surface area contributed by atoms with Gasteiger partial charge in [-0.2, -0.15) is 0 Å². The minimum atomic E-state index is 0.207. The van der Waals surface area contributed by atoms with E-state index in [1.54, 1.807) is 11.3 Å². The maximum Gasteiger partial charge on any atom is 0.264 e. The van der Waals surface area contributed by atoms with E-state index in [2.05, 4.69) is 12.2 Å². The molecular formula is C14H22N2OS. The van der Waals surface area contributed by atoms with E-state index < -0.39 is 0 Å². The Morgan fingerprint density at radius 3 is 3.00 bits per heavy atom. The Kier molecular flexibility index (Phi) is 4.78. The Labute approximate surface area is 113 Å². The van der Waals surface area contributed by atoms with Gasteiger partial charge in [-0.05, 0) is 49.7 Å². The number of thiophene rings is 1. The van der Waals surface area contributed by atoms with Crippen LogP contribution in [0.4, 0.5) is 0 Å². The van der Waals surface area contributed by atoms with Gasteiger partial charge in [0.25, 0.3) is 5.91 Å². The molecule has 1 atom stereocenters. The first kappa shape index (κ1) is 13.6.